The van der Waals surface area contributed by atoms with E-state index in [0.29, 0.717) is 12.5 Å². The summed E-state index contributed by atoms with van der Waals surface area (Å²) in [6.45, 7) is 7.53. The molecule has 1 heterocycles. The van der Waals surface area contributed by atoms with Crippen molar-refractivity contribution in [1.29, 1.82) is 0 Å². The summed E-state index contributed by atoms with van der Waals surface area (Å²) in [6.07, 6.45) is 0. The fourth-order valence-electron chi connectivity index (χ4n) is 2.53. The molecule has 1 N–H and O–H groups in total. The lowest BCUT2D eigenvalue weighted by atomic mass is 10.1. The molecule has 0 bridgehead atoms. The van der Waals surface area contributed by atoms with Gasteiger partial charge in [-0.2, -0.15) is 0 Å². The van der Waals surface area contributed by atoms with Crippen molar-refractivity contribution in [2.45, 2.75) is 27.3 Å². The van der Waals surface area contributed by atoms with E-state index in [2.05, 4.69) is 13.8 Å². The van der Waals surface area contributed by atoms with E-state index < -0.39 is 5.97 Å². The fourth-order valence-corrected chi connectivity index (χ4v) is 2.53. The van der Waals surface area contributed by atoms with Gasteiger partial charge in [-0.1, -0.05) is 32.0 Å². The Bertz CT molecular complexity index is 601. The Hall–Kier alpha value is -1.81. The topological polar surface area (TPSA) is 53.7 Å². The summed E-state index contributed by atoms with van der Waals surface area (Å²) in [4.78, 5) is 13.0. The Morgan fingerprint density at radius 2 is 2.05 bits per heavy atom. The first-order valence-corrected chi connectivity index (χ1v) is 6.88. The van der Waals surface area contributed by atoms with Crippen molar-refractivity contribution < 1.29 is 14.3 Å². The Kier molecular flexibility index (Phi) is 4.45. The zero-order valence-electron chi connectivity index (χ0n) is 12.2. The summed E-state index contributed by atoms with van der Waals surface area (Å²) < 4.78 is 5.74. The second kappa shape index (κ2) is 6.09. The van der Waals surface area contributed by atoms with E-state index in [9.17, 15) is 4.79 Å². The molecule has 20 heavy (non-hydrogen) atoms. The zero-order valence-corrected chi connectivity index (χ0v) is 12.2. The minimum Gasteiger partial charge on any atom is -0.480 e. The molecule has 0 radical (unpaired) electrons. The van der Waals surface area contributed by atoms with Crippen molar-refractivity contribution in [2.24, 2.45) is 5.92 Å². The summed E-state index contributed by atoms with van der Waals surface area (Å²) in [7, 11) is 0. The molecule has 0 spiro atoms. The third-order valence-corrected chi connectivity index (χ3v) is 3.26. The second-order valence-corrected chi connectivity index (χ2v) is 5.59. The lowest BCUT2D eigenvalue weighted by Gasteiger charge is -2.22. The van der Waals surface area contributed by atoms with E-state index in [-0.39, 0.29) is 6.54 Å². The van der Waals surface area contributed by atoms with E-state index in [1.54, 1.807) is 0 Å². The van der Waals surface area contributed by atoms with Crippen molar-refractivity contribution >= 4 is 16.9 Å². The molecule has 0 saturated heterocycles. The standard InChI is InChI=1S/C16H21NO3/c1-11(2)8-17(10-16(18)19)9-14-12(3)20-15-7-5-4-6-13(14)15/h4-7,11H,8-10H2,1-3H3,(H,18,19). The van der Waals surface area contributed by atoms with Gasteiger partial charge in [0.25, 0.3) is 0 Å². The highest BCUT2D eigenvalue weighted by Crippen LogP contribution is 2.26. The van der Waals surface area contributed by atoms with Crippen LogP contribution in [0.15, 0.2) is 28.7 Å². The number of aryl methyl sites for hydroxylation is 1. The molecule has 0 unspecified atom stereocenters. The van der Waals surface area contributed by atoms with Gasteiger partial charge in [0.2, 0.25) is 0 Å². The molecular formula is C16H21NO3. The molecule has 0 aliphatic carbocycles. The lowest BCUT2D eigenvalue weighted by molar-refractivity contribution is -0.138. The molecule has 1 aromatic heterocycles. The maximum absolute atomic E-state index is 11.0. The number of para-hydroxylation sites is 1. The predicted molar refractivity (Wildman–Crippen MR) is 78.7 cm³/mol. The van der Waals surface area contributed by atoms with E-state index in [0.717, 1.165) is 28.8 Å². The van der Waals surface area contributed by atoms with Gasteiger partial charge in [-0.05, 0) is 18.9 Å². The number of rotatable bonds is 6. The number of hydrogen-bond donors (Lipinski definition) is 1. The molecule has 2 aromatic rings. The summed E-state index contributed by atoms with van der Waals surface area (Å²) in [5.41, 5.74) is 1.95. The molecule has 0 amide bonds. The number of carboxylic acid groups (broad SMARTS) is 1. The summed E-state index contributed by atoms with van der Waals surface area (Å²) in [5.74, 6) is 0.495. The quantitative estimate of drug-likeness (QED) is 0.879. The van der Waals surface area contributed by atoms with Gasteiger partial charge in [0.1, 0.15) is 11.3 Å². The number of fused-ring (bicyclic) bond motifs is 1. The number of benzene rings is 1. The Morgan fingerprint density at radius 1 is 1.35 bits per heavy atom. The van der Waals surface area contributed by atoms with E-state index in [4.69, 9.17) is 9.52 Å². The monoisotopic (exact) mass is 275 g/mol. The molecule has 0 aliphatic heterocycles. The van der Waals surface area contributed by atoms with Crippen LogP contribution in [0, 0.1) is 12.8 Å². The minimum atomic E-state index is -0.795. The molecule has 2 rings (SSSR count). The van der Waals surface area contributed by atoms with Gasteiger partial charge < -0.3 is 9.52 Å². The third-order valence-electron chi connectivity index (χ3n) is 3.26. The molecule has 1 aromatic carbocycles. The van der Waals surface area contributed by atoms with Crippen LogP contribution in [-0.4, -0.2) is 29.1 Å². The van der Waals surface area contributed by atoms with Crippen molar-refractivity contribution in [3.63, 3.8) is 0 Å². The van der Waals surface area contributed by atoms with Gasteiger partial charge in [0.15, 0.2) is 0 Å². The first kappa shape index (κ1) is 14.6. The molecule has 0 fully saturated rings. The predicted octanol–water partition coefficient (Wildman–Crippen LogP) is 3.28. The third kappa shape index (κ3) is 3.39. The number of nitrogens with zero attached hydrogens (tertiary/aromatic N) is 1. The fraction of sp³-hybridized carbons (Fsp3) is 0.438. The Labute approximate surface area is 119 Å². The average molecular weight is 275 g/mol. The Morgan fingerprint density at radius 3 is 2.70 bits per heavy atom. The first-order valence-electron chi connectivity index (χ1n) is 6.88. The van der Waals surface area contributed by atoms with Crippen LogP contribution < -0.4 is 0 Å². The van der Waals surface area contributed by atoms with E-state index >= 15 is 0 Å². The van der Waals surface area contributed by atoms with E-state index in [1.165, 1.54) is 0 Å². The summed E-state index contributed by atoms with van der Waals surface area (Å²) in [5, 5.41) is 10.1. The summed E-state index contributed by atoms with van der Waals surface area (Å²) >= 11 is 0. The largest absolute Gasteiger partial charge is 0.480 e. The highest BCUT2D eigenvalue weighted by molar-refractivity contribution is 5.82. The number of carbonyl (C=O) groups is 1. The maximum Gasteiger partial charge on any atom is 0.317 e. The minimum absolute atomic E-state index is 0.0527. The smallest absolute Gasteiger partial charge is 0.317 e. The highest BCUT2D eigenvalue weighted by atomic mass is 16.4. The normalized spacial score (nSPS) is 11.7. The molecule has 0 aliphatic rings. The molecule has 4 nitrogen and oxygen atoms in total. The van der Waals surface area contributed by atoms with Crippen LogP contribution in [0.25, 0.3) is 11.0 Å². The van der Waals surface area contributed by atoms with Crippen LogP contribution in [0.3, 0.4) is 0 Å². The van der Waals surface area contributed by atoms with Crippen LogP contribution in [0.5, 0.6) is 0 Å². The van der Waals surface area contributed by atoms with Gasteiger partial charge >= 0.3 is 5.97 Å². The second-order valence-electron chi connectivity index (χ2n) is 5.59. The Balaban J connectivity index is 2.27. The molecular weight excluding hydrogens is 254 g/mol. The van der Waals surface area contributed by atoms with Crippen molar-refractivity contribution in [3.8, 4) is 0 Å². The molecule has 4 heteroatoms. The van der Waals surface area contributed by atoms with Crippen LogP contribution in [0.4, 0.5) is 0 Å². The number of furan rings is 1. The maximum atomic E-state index is 11.0. The number of hydrogen-bond acceptors (Lipinski definition) is 3. The number of carboxylic acids is 1. The van der Waals surface area contributed by atoms with Crippen molar-refractivity contribution in [3.05, 3.63) is 35.6 Å². The molecule has 0 saturated carbocycles. The average Bonchev–Trinajstić information content (AvgIpc) is 2.64. The van der Waals surface area contributed by atoms with Crippen LogP contribution >= 0.6 is 0 Å². The highest BCUT2D eigenvalue weighted by Gasteiger charge is 2.17. The van der Waals surface area contributed by atoms with Gasteiger partial charge in [-0.25, -0.2) is 0 Å². The molecule has 0 atom stereocenters. The van der Waals surface area contributed by atoms with Crippen molar-refractivity contribution in [1.82, 2.24) is 4.90 Å². The van der Waals surface area contributed by atoms with Crippen molar-refractivity contribution in [2.75, 3.05) is 13.1 Å². The number of aliphatic carboxylic acids is 1. The van der Waals surface area contributed by atoms with Gasteiger partial charge in [0.05, 0.1) is 6.54 Å². The van der Waals surface area contributed by atoms with Gasteiger partial charge in [-0.3, -0.25) is 9.69 Å². The van der Waals surface area contributed by atoms with E-state index in [1.807, 2.05) is 36.1 Å². The van der Waals surface area contributed by atoms with Crippen LogP contribution in [0.2, 0.25) is 0 Å². The van der Waals surface area contributed by atoms with Gasteiger partial charge in [0, 0.05) is 24.0 Å². The molecule has 108 valence electrons. The summed E-state index contributed by atoms with van der Waals surface area (Å²) in [6, 6.07) is 7.88. The first-order chi connectivity index (χ1) is 9.47. The van der Waals surface area contributed by atoms with Gasteiger partial charge in [-0.15, -0.1) is 0 Å². The van der Waals surface area contributed by atoms with Crippen LogP contribution in [0.1, 0.15) is 25.2 Å². The lowest BCUT2D eigenvalue weighted by Crippen LogP contribution is -2.32. The SMILES string of the molecule is Cc1oc2ccccc2c1CN(CC(=O)O)CC(C)C. The van der Waals surface area contributed by atoms with Crippen LogP contribution in [-0.2, 0) is 11.3 Å². The zero-order chi connectivity index (χ0) is 14.7.